The first-order chi connectivity index (χ1) is 11.0. The molecule has 1 heterocycles. The van der Waals surface area contributed by atoms with Gasteiger partial charge >= 0.3 is 0 Å². The van der Waals surface area contributed by atoms with Crippen molar-refractivity contribution in [1.29, 1.82) is 0 Å². The summed E-state index contributed by atoms with van der Waals surface area (Å²) in [6.07, 6.45) is 1.47. The summed E-state index contributed by atoms with van der Waals surface area (Å²) in [7, 11) is 0. The number of nitrogens with two attached hydrogens (primary N) is 1. The van der Waals surface area contributed by atoms with Gasteiger partial charge in [0.1, 0.15) is 11.4 Å². The van der Waals surface area contributed by atoms with Gasteiger partial charge in [0.25, 0.3) is 0 Å². The Morgan fingerprint density at radius 3 is 2.48 bits per heavy atom. The van der Waals surface area contributed by atoms with Gasteiger partial charge in [0.15, 0.2) is 0 Å². The van der Waals surface area contributed by atoms with E-state index in [9.17, 15) is 0 Å². The topological polar surface area (TPSA) is 44.5 Å². The van der Waals surface area contributed by atoms with Crippen molar-refractivity contribution in [1.82, 2.24) is 0 Å². The largest absolute Gasteiger partial charge is 0.482 e. The average Bonchev–Trinajstić information content (AvgIpc) is 2.51. The number of anilines is 1. The number of rotatable bonds is 3. The first-order valence-electron chi connectivity index (χ1n) is 7.59. The summed E-state index contributed by atoms with van der Waals surface area (Å²) in [5.74, 6) is 0.812. The van der Waals surface area contributed by atoms with E-state index in [1.807, 2.05) is 37.3 Å². The van der Waals surface area contributed by atoms with Crippen LogP contribution in [-0.4, -0.2) is 13.2 Å². The van der Waals surface area contributed by atoms with Crippen LogP contribution in [0.15, 0.2) is 36.4 Å². The molecule has 0 aromatic heterocycles. The van der Waals surface area contributed by atoms with Crippen LogP contribution in [0, 0.1) is 6.92 Å². The highest BCUT2D eigenvalue weighted by molar-refractivity contribution is 6.35. The van der Waals surface area contributed by atoms with Crippen molar-refractivity contribution in [2.45, 2.75) is 25.4 Å². The van der Waals surface area contributed by atoms with Crippen molar-refractivity contribution in [2.24, 2.45) is 0 Å². The van der Waals surface area contributed by atoms with Gasteiger partial charge in [-0.3, -0.25) is 0 Å². The first kappa shape index (κ1) is 16.4. The van der Waals surface area contributed by atoms with Crippen LogP contribution in [0.5, 0.6) is 5.75 Å². The second-order valence-electron chi connectivity index (χ2n) is 5.86. The smallest absolute Gasteiger partial charge is 0.140 e. The summed E-state index contributed by atoms with van der Waals surface area (Å²) in [4.78, 5) is 0. The normalized spacial score (nSPS) is 17.0. The zero-order chi connectivity index (χ0) is 16.4. The fourth-order valence-corrected chi connectivity index (χ4v) is 3.56. The van der Waals surface area contributed by atoms with Gasteiger partial charge in [0.2, 0.25) is 0 Å². The Morgan fingerprint density at radius 1 is 1.09 bits per heavy atom. The van der Waals surface area contributed by atoms with Crippen LogP contribution in [0.25, 0.3) is 0 Å². The molecule has 1 aliphatic rings. The molecule has 1 fully saturated rings. The lowest BCUT2D eigenvalue weighted by atomic mass is 9.86. The van der Waals surface area contributed by atoms with Gasteiger partial charge < -0.3 is 15.2 Å². The van der Waals surface area contributed by atoms with Crippen LogP contribution in [0.4, 0.5) is 5.69 Å². The zero-order valence-corrected chi connectivity index (χ0v) is 14.5. The lowest BCUT2D eigenvalue weighted by molar-refractivity contribution is -0.0503. The molecule has 1 aliphatic heterocycles. The third-order valence-electron chi connectivity index (χ3n) is 4.23. The van der Waals surface area contributed by atoms with Crippen LogP contribution in [-0.2, 0) is 10.3 Å². The van der Waals surface area contributed by atoms with E-state index in [0.29, 0.717) is 23.3 Å². The van der Waals surface area contributed by atoms with Gasteiger partial charge in [-0.25, -0.2) is 0 Å². The Bertz CT molecular complexity index is 712. The van der Waals surface area contributed by atoms with E-state index in [1.165, 1.54) is 0 Å². The Kier molecular flexibility index (Phi) is 4.72. The van der Waals surface area contributed by atoms with Gasteiger partial charge in [-0.1, -0.05) is 29.3 Å². The minimum atomic E-state index is -0.513. The lowest BCUT2D eigenvalue weighted by Gasteiger charge is -2.39. The molecular formula is C18H19Cl2NO2. The van der Waals surface area contributed by atoms with Crippen LogP contribution in [0.2, 0.25) is 10.0 Å². The second-order valence-corrected chi connectivity index (χ2v) is 6.70. The van der Waals surface area contributed by atoms with Crippen molar-refractivity contribution >= 4 is 28.9 Å². The third kappa shape index (κ3) is 3.42. The SMILES string of the molecule is Cc1cc(N)ccc1OC1(c2ccc(Cl)cc2Cl)CCOCC1. The quantitative estimate of drug-likeness (QED) is 0.794. The average molecular weight is 352 g/mol. The van der Waals surface area contributed by atoms with E-state index in [2.05, 4.69) is 0 Å². The second kappa shape index (κ2) is 6.60. The van der Waals surface area contributed by atoms with Gasteiger partial charge in [-0.15, -0.1) is 0 Å². The zero-order valence-electron chi connectivity index (χ0n) is 12.9. The van der Waals surface area contributed by atoms with E-state index < -0.39 is 5.60 Å². The predicted molar refractivity (Wildman–Crippen MR) is 94.4 cm³/mol. The fraction of sp³-hybridized carbons (Fsp3) is 0.333. The number of nitrogen functional groups attached to an aromatic ring is 1. The van der Waals surface area contributed by atoms with Crippen LogP contribution >= 0.6 is 23.2 Å². The maximum Gasteiger partial charge on any atom is 0.140 e. The molecule has 2 N–H and O–H groups in total. The number of benzene rings is 2. The molecule has 0 unspecified atom stereocenters. The maximum absolute atomic E-state index is 6.47. The van der Waals surface area contributed by atoms with E-state index in [0.717, 1.165) is 35.4 Å². The molecular weight excluding hydrogens is 333 g/mol. The standard InChI is InChI=1S/C18H19Cl2NO2/c1-12-10-14(21)3-5-17(12)23-18(6-8-22-9-7-18)15-4-2-13(19)11-16(15)20/h2-5,10-11H,6-9,21H2,1H3. The highest BCUT2D eigenvalue weighted by Gasteiger charge is 2.38. The molecule has 0 atom stereocenters. The fourth-order valence-electron chi connectivity index (χ4n) is 2.98. The van der Waals surface area contributed by atoms with Gasteiger partial charge in [-0.05, 0) is 42.8 Å². The molecule has 3 nitrogen and oxygen atoms in total. The van der Waals surface area contributed by atoms with Crippen molar-refractivity contribution in [3.63, 3.8) is 0 Å². The molecule has 0 spiro atoms. The number of hydrogen-bond donors (Lipinski definition) is 1. The highest BCUT2D eigenvalue weighted by atomic mass is 35.5. The molecule has 0 saturated carbocycles. The molecule has 0 amide bonds. The number of halogens is 2. The number of hydrogen-bond acceptors (Lipinski definition) is 3. The first-order valence-corrected chi connectivity index (χ1v) is 8.34. The summed E-state index contributed by atoms with van der Waals surface area (Å²) >= 11 is 12.5. The molecule has 1 saturated heterocycles. The Hall–Kier alpha value is -1.42. The molecule has 3 rings (SSSR count). The monoisotopic (exact) mass is 351 g/mol. The minimum absolute atomic E-state index is 0.513. The molecule has 0 bridgehead atoms. The van der Waals surface area contributed by atoms with Crippen LogP contribution in [0.1, 0.15) is 24.0 Å². The maximum atomic E-state index is 6.47. The molecule has 5 heteroatoms. The van der Waals surface area contributed by atoms with Crippen molar-refractivity contribution in [3.05, 3.63) is 57.6 Å². The third-order valence-corrected chi connectivity index (χ3v) is 4.77. The number of ether oxygens (including phenoxy) is 2. The predicted octanol–water partition coefficient (Wildman–Crippen LogP) is 4.97. The summed E-state index contributed by atoms with van der Waals surface area (Å²) in [5.41, 5.74) is 7.99. The Balaban J connectivity index is 2.02. The summed E-state index contributed by atoms with van der Waals surface area (Å²) in [5, 5.41) is 1.23. The molecule has 0 radical (unpaired) electrons. The summed E-state index contributed by atoms with van der Waals surface area (Å²) in [6.45, 7) is 3.25. The summed E-state index contributed by atoms with van der Waals surface area (Å²) in [6, 6.07) is 11.2. The van der Waals surface area contributed by atoms with E-state index in [1.54, 1.807) is 6.07 Å². The highest BCUT2D eigenvalue weighted by Crippen LogP contribution is 2.42. The van der Waals surface area contributed by atoms with E-state index in [-0.39, 0.29) is 0 Å². The van der Waals surface area contributed by atoms with Crippen molar-refractivity contribution in [3.8, 4) is 5.75 Å². The molecule has 0 aliphatic carbocycles. The van der Waals surface area contributed by atoms with E-state index >= 15 is 0 Å². The van der Waals surface area contributed by atoms with Crippen molar-refractivity contribution in [2.75, 3.05) is 18.9 Å². The minimum Gasteiger partial charge on any atom is -0.482 e. The van der Waals surface area contributed by atoms with Crippen molar-refractivity contribution < 1.29 is 9.47 Å². The summed E-state index contributed by atoms with van der Waals surface area (Å²) < 4.78 is 12.0. The van der Waals surface area contributed by atoms with Crippen LogP contribution in [0.3, 0.4) is 0 Å². The van der Waals surface area contributed by atoms with Gasteiger partial charge in [0.05, 0.1) is 13.2 Å². The van der Waals surface area contributed by atoms with Gasteiger partial charge in [0, 0.05) is 34.1 Å². The molecule has 2 aromatic rings. The van der Waals surface area contributed by atoms with Crippen LogP contribution < -0.4 is 10.5 Å². The lowest BCUT2D eigenvalue weighted by Crippen LogP contribution is -2.39. The van der Waals surface area contributed by atoms with Gasteiger partial charge in [-0.2, -0.15) is 0 Å². The molecule has 2 aromatic carbocycles. The Labute approximate surface area is 146 Å². The molecule has 122 valence electrons. The molecule has 23 heavy (non-hydrogen) atoms. The number of aryl methyl sites for hydroxylation is 1. The van der Waals surface area contributed by atoms with E-state index in [4.69, 9.17) is 38.4 Å². The Morgan fingerprint density at radius 2 is 1.83 bits per heavy atom.